The SMILES string of the molecule is CCC1CCC(N(C)Cc2cccc(Br)c2)CC1. The normalized spacial score (nSPS) is 24.4. The van der Waals surface area contributed by atoms with Gasteiger partial charge in [-0.3, -0.25) is 4.90 Å². The van der Waals surface area contributed by atoms with Crippen molar-refractivity contribution in [2.24, 2.45) is 5.92 Å². The van der Waals surface area contributed by atoms with E-state index in [1.807, 2.05) is 0 Å². The minimum absolute atomic E-state index is 0.784. The first-order valence-corrected chi connectivity index (χ1v) is 7.93. The molecule has 0 spiro atoms. The van der Waals surface area contributed by atoms with E-state index in [9.17, 15) is 0 Å². The Morgan fingerprint density at radius 1 is 1.22 bits per heavy atom. The van der Waals surface area contributed by atoms with Gasteiger partial charge >= 0.3 is 0 Å². The Labute approximate surface area is 120 Å². The Hall–Kier alpha value is -0.340. The number of nitrogens with zero attached hydrogens (tertiary/aromatic N) is 1. The smallest absolute Gasteiger partial charge is 0.0234 e. The molecule has 1 aromatic carbocycles. The van der Waals surface area contributed by atoms with Crippen molar-refractivity contribution in [3.05, 3.63) is 34.3 Å². The van der Waals surface area contributed by atoms with Crippen molar-refractivity contribution >= 4 is 15.9 Å². The fourth-order valence-corrected chi connectivity index (χ4v) is 3.49. The standard InChI is InChI=1S/C16H24BrN/c1-3-13-7-9-16(10-8-13)18(2)12-14-5-4-6-15(17)11-14/h4-6,11,13,16H,3,7-10,12H2,1-2H3. The quantitative estimate of drug-likeness (QED) is 0.768. The molecule has 100 valence electrons. The maximum Gasteiger partial charge on any atom is 0.0234 e. The Morgan fingerprint density at radius 2 is 1.94 bits per heavy atom. The Bertz CT molecular complexity index is 369. The van der Waals surface area contributed by atoms with Crippen LogP contribution in [0.25, 0.3) is 0 Å². The summed E-state index contributed by atoms with van der Waals surface area (Å²) in [5.74, 6) is 0.987. The topological polar surface area (TPSA) is 3.24 Å². The lowest BCUT2D eigenvalue weighted by Gasteiger charge is -2.34. The lowest BCUT2D eigenvalue weighted by Crippen LogP contribution is -2.34. The maximum atomic E-state index is 3.55. The van der Waals surface area contributed by atoms with E-state index in [1.54, 1.807) is 0 Å². The molecule has 1 fully saturated rings. The van der Waals surface area contributed by atoms with E-state index >= 15 is 0 Å². The molecular formula is C16H24BrN. The third-order valence-corrected chi connectivity index (χ3v) is 4.83. The summed E-state index contributed by atoms with van der Waals surface area (Å²) in [4.78, 5) is 2.54. The number of rotatable bonds is 4. The molecule has 0 bridgehead atoms. The lowest BCUT2D eigenvalue weighted by atomic mass is 9.84. The highest BCUT2D eigenvalue weighted by Gasteiger charge is 2.22. The molecule has 0 atom stereocenters. The summed E-state index contributed by atoms with van der Waals surface area (Å²) in [5.41, 5.74) is 1.41. The molecular weight excluding hydrogens is 286 g/mol. The van der Waals surface area contributed by atoms with Gasteiger partial charge in [0, 0.05) is 17.1 Å². The molecule has 0 heterocycles. The molecule has 1 saturated carbocycles. The van der Waals surface area contributed by atoms with E-state index in [1.165, 1.54) is 42.1 Å². The van der Waals surface area contributed by atoms with Gasteiger partial charge in [-0.2, -0.15) is 0 Å². The third kappa shape index (κ3) is 3.83. The van der Waals surface area contributed by atoms with Gasteiger partial charge in [0.05, 0.1) is 0 Å². The van der Waals surface area contributed by atoms with Crippen LogP contribution in [0.1, 0.15) is 44.6 Å². The number of halogens is 1. The Morgan fingerprint density at radius 3 is 2.56 bits per heavy atom. The molecule has 1 aliphatic carbocycles. The van der Waals surface area contributed by atoms with E-state index in [-0.39, 0.29) is 0 Å². The van der Waals surface area contributed by atoms with Gasteiger partial charge in [-0.15, -0.1) is 0 Å². The second-order valence-electron chi connectivity index (χ2n) is 5.63. The number of hydrogen-bond acceptors (Lipinski definition) is 1. The van der Waals surface area contributed by atoms with Crippen molar-refractivity contribution in [3.8, 4) is 0 Å². The van der Waals surface area contributed by atoms with Crippen LogP contribution in [0, 0.1) is 5.92 Å². The zero-order chi connectivity index (χ0) is 13.0. The van der Waals surface area contributed by atoms with Crippen molar-refractivity contribution in [1.82, 2.24) is 4.90 Å². The molecule has 0 saturated heterocycles. The summed E-state index contributed by atoms with van der Waals surface area (Å²) in [7, 11) is 2.28. The van der Waals surface area contributed by atoms with Crippen LogP contribution in [0.3, 0.4) is 0 Å². The second kappa shape index (κ2) is 6.72. The highest BCUT2D eigenvalue weighted by atomic mass is 79.9. The Kier molecular flexibility index (Phi) is 5.25. The number of hydrogen-bond donors (Lipinski definition) is 0. The molecule has 2 rings (SSSR count). The third-order valence-electron chi connectivity index (χ3n) is 4.34. The molecule has 1 aromatic rings. The van der Waals surface area contributed by atoms with E-state index in [4.69, 9.17) is 0 Å². The van der Waals surface area contributed by atoms with Crippen molar-refractivity contribution in [2.45, 2.75) is 51.6 Å². The average Bonchev–Trinajstić information content (AvgIpc) is 2.39. The van der Waals surface area contributed by atoms with E-state index < -0.39 is 0 Å². The fraction of sp³-hybridized carbons (Fsp3) is 0.625. The van der Waals surface area contributed by atoms with Gasteiger partial charge in [-0.25, -0.2) is 0 Å². The van der Waals surface area contributed by atoms with Crippen molar-refractivity contribution in [1.29, 1.82) is 0 Å². The molecule has 0 aromatic heterocycles. The molecule has 2 heteroatoms. The van der Waals surface area contributed by atoms with E-state index in [2.05, 4.69) is 59.1 Å². The predicted octanol–water partition coefficient (Wildman–Crippen LogP) is 4.85. The summed E-state index contributed by atoms with van der Waals surface area (Å²) in [6, 6.07) is 9.45. The molecule has 1 nitrogen and oxygen atoms in total. The van der Waals surface area contributed by atoms with Gasteiger partial charge < -0.3 is 0 Å². The zero-order valence-corrected chi connectivity index (χ0v) is 13.1. The van der Waals surface area contributed by atoms with Crippen LogP contribution in [0.5, 0.6) is 0 Å². The van der Waals surface area contributed by atoms with Gasteiger partial charge in [0.1, 0.15) is 0 Å². The predicted molar refractivity (Wildman–Crippen MR) is 81.6 cm³/mol. The first-order valence-electron chi connectivity index (χ1n) is 7.13. The summed E-state index contributed by atoms with van der Waals surface area (Å²) >= 11 is 3.55. The van der Waals surface area contributed by atoms with Crippen LogP contribution in [0.2, 0.25) is 0 Å². The Balaban J connectivity index is 1.87. The van der Waals surface area contributed by atoms with Crippen LogP contribution in [0.4, 0.5) is 0 Å². The minimum Gasteiger partial charge on any atom is -0.299 e. The maximum absolute atomic E-state index is 3.55. The second-order valence-corrected chi connectivity index (χ2v) is 6.54. The largest absolute Gasteiger partial charge is 0.299 e. The molecule has 0 aliphatic heterocycles. The molecule has 0 amide bonds. The van der Waals surface area contributed by atoms with Crippen LogP contribution in [0.15, 0.2) is 28.7 Å². The molecule has 0 unspecified atom stereocenters. The summed E-state index contributed by atoms with van der Waals surface area (Å²) in [6.45, 7) is 3.40. The summed E-state index contributed by atoms with van der Waals surface area (Å²) < 4.78 is 1.18. The zero-order valence-electron chi connectivity index (χ0n) is 11.5. The van der Waals surface area contributed by atoms with Gasteiger partial charge in [0.15, 0.2) is 0 Å². The van der Waals surface area contributed by atoms with Crippen LogP contribution >= 0.6 is 15.9 Å². The first kappa shape index (κ1) is 14.1. The van der Waals surface area contributed by atoms with Crippen LogP contribution < -0.4 is 0 Å². The first-order chi connectivity index (χ1) is 8.69. The minimum atomic E-state index is 0.784. The van der Waals surface area contributed by atoms with Gasteiger partial charge in [-0.1, -0.05) is 41.4 Å². The van der Waals surface area contributed by atoms with E-state index in [0.29, 0.717) is 0 Å². The van der Waals surface area contributed by atoms with Crippen LogP contribution in [-0.4, -0.2) is 18.0 Å². The van der Waals surface area contributed by atoms with Gasteiger partial charge in [0.2, 0.25) is 0 Å². The monoisotopic (exact) mass is 309 g/mol. The van der Waals surface area contributed by atoms with Gasteiger partial charge in [0.25, 0.3) is 0 Å². The highest BCUT2D eigenvalue weighted by molar-refractivity contribution is 9.10. The molecule has 1 aliphatic rings. The highest BCUT2D eigenvalue weighted by Crippen LogP contribution is 2.29. The van der Waals surface area contributed by atoms with Crippen molar-refractivity contribution < 1.29 is 0 Å². The molecule has 0 radical (unpaired) electrons. The summed E-state index contributed by atoms with van der Waals surface area (Å²) in [5, 5.41) is 0. The lowest BCUT2D eigenvalue weighted by molar-refractivity contribution is 0.157. The molecule has 0 N–H and O–H groups in total. The van der Waals surface area contributed by atoms with Crippen LogP contribution in [-0.2, 0) is 6.54 Å². The van der Waals surface area contributed by atoms with E-state index in [0.717, 1.165) is 18.5 Å². The fourth-order valence-electron chi connectivity index (χ4n) is 3.05. The van der Waals surface area contributed by atoms with Crippen molar-refractivity contribution in [3.63, 3.8) is 0 Å². The average molecular weight is 310 g/mol. The summed E-state index contributed by atoms with van der Waals surface area (Å²) in [6.07, 6.45) is 6.96. The molecule has 18 heavy (non-hydrogen) atoms. The number of benzene rings is 1. The van der Waals surface area contributed by atoms with Crippen molar-refractivity contribution in [2.75, 3.05) is 7.05 Å². The van der Waals surface area contributed by atoms with Gasteiger partial charge in [-0.05, 0) is 56.3 Å².